The molecule has 1 heterocycles. The lowest BCUT2D eigenvalue weighted by Crippen LogP contribution is -2.39. The molecule has 0 saturated heterocycles. The first kappa shape index (κ1) is 15.4. The summed E-state index contributed by atoms with van der Waals surface area (Å²) >= 11 is 0. The van der Waals surface area contributed by atoms with Gasteiger partial charge in [-0.25, -0.2) is 4.98 Å². The standard InChI is InChI=1S/C14H24N4O/c1-10(2)18(11(3)4)7-8-19-13-9-12(14(15)16)5-6-17-13/h5-6,9-11H,7-8H2,1-4H3,(H3,15,16). The summed E-state index contributed by atoms with van der Waals surface area (Å²) in [5.74, 6) is 0.540. The van der Waals surface area contributed by atoms with Gasteiger partial charge < -0.3 is 10.5 Å². The highest BCUT2D eigenvalue weighted by molar-refractivity contribution is 5.95. The van der Waals surface area contributed by atoms with E-state index in [-0.39, 0.29) is 5.84 Å². The molecule has 106 valence electrons. The molecule has 0 aliphatic carbocycles. The number of hydrogen-bond donors (Lipinski definition) is 2. The predicted molar refractivity (Wildman–Crippen MR) is 77.7 cm³/mol. The fourth-order valence-electron chi connectivity index (χ4n) is 2.02. The van der Waals surface area contributed by atoms with E-state index in [0.29, 0.717) is 30.1 Å². The van der Waals surface area contributed by atoms with Crippen molar-refractivity contribution >= 4 is 5.84 Å². The molecule has 1 rings (SSSR count). The fourth-order valence-corrected chi connectivity index (χ4v) is 2.02. The number of hydrogen-bond acceptors (Lipinski definition) is 4. The number of pyridine rings is 1. The largest absolute Gasteiger partial charge is 0.476 e. The quantitative estimate of drug-likeness (QED) is 0.582. The molecule has 3 N–H and O–H groups in total. The van der Waals surface area contributed by atoms with Gasteiger partial charge in [0, 0.05) is 36.5 Å². The van der Waals surface area contributed by atoms with Crippen LogP contribution in [-0.4, -0.2) is 41.0 Å². The first-order chi connectivity index (χ1) is 8.91. The normalized spacial score (nSPS) is 11.3. The van der Waals surface area contributed by atoms with Crippen LogP contribution in [0.5, 0.6) is 5.88 Å². The maximum atomic E-state index is 7.38. The zero-order chi connectivity index (χ0) is 14.4. The van der Waals surface area contributed by atoms with Crippen molar-refractivity contribution in [3.8, 4) is 5.88 Å². The molecule has 5 heteroatoms. The first-order valence-electron chi connectivity index (χ1n) is 6.60. The van der Waals surface area contributed by atoms with E-state index in [4.69, 9.17) is 15.9 Å². The lowest BCUT2D eigenvalue weighted by molar-refractivity contribution is 0.140. The van der Waals surface area contributed by atoms with Gasteiger partial charge in [-0.15, -0.1) is 0 Å². The van der Waals surface area contributed by atoms with Crippen molar-refractivity contribution < 1.29 is 4.74 Å². The lowest BCUT2D eigenvalue weighted by atomic mass is 10.2. The molecule has 0 atom stereocenters. The Kier molecular flexibility index (Phi) is 5.76. The molecular weight excluding hydrogens is 240 g/mol. The van der Waals surface area contributed by atoms with Gasteiger partial charge in [0.15, 0.2) is 0 Å². The second-order valence-corrected chi connectivity index (χ2v) is 5.07. The molecule has 1 aromatic heterocycles. The number of nitrogens with one attached hydrogen (secondary N) is 1. The van der Waals surface area contributed by atoms with Crippen LogP contribution in [0.15, 0.2) is 18.3 Å². The molecule has 0 radical (unpaired) electrons. The van der Waals surface area contributed by atoms with Gasteiger partial charge >= 0.3 is 0 Å². The molecule has 0 bridgehead atoms. The van der Waals surface area contributed by atoms with Crippen LogP contribution >= 0.6 is 0 Å². The Morgan fingerprint density at radius 3 is 2.53 bits per heavy atom. The van der Waals surface area contributed by atoms with E-state index in [1.54, 1.807) is 18.3 Å². The van der Waals surface area contributed by atoms with Gasteiger partial charge in [0.2, 0.25) is 5.88 Å². The number of aromatic nitrogens is 1. The minimum absolute atomic E-state index is 0.0261. The van der Waals surface area contributed by atoms with Crippen LogP contribution < -0.4 is 10.5 Å². The first-order valence-corrected chi connectivity index (χ1v) is 6.60. The lowest BCUT2D eigenvalue weighted by Gasteiger charge is -2.30. The van der Waals surface area contributed by atoms with E-state index in [2.05, 4.69) is 37.6 Å². The van der Waals surface area contributed by atoms with Gasteiger partial charge in [0.1, 0.15) is 12.4 Å². The Hall–Kier alpha value is -1.62. The molecule has 0 unspecified atom stereocenters. The third-order valence-corrected chi connectivity index (χ3v) is 2.97. The van der Waals surface area contributed by atoms with Crippen LogP contribution in [0.2, 0.25) is 0 Å². The van der Waals surface area contributed by atoms with Crippen molar-refractivity contribution in [2.75, 3.05) is 13.2 Å². The number of amidine groups is 1. The molecule has 0 fully saturated rings. The smallest absolute Gasteiger partial charge is 0.213 e. The van der Waals surface area contributed by atoms with Crippen LogP contribution in [0.1, 0.15) is 33.3 Å². The predicted octanol–water partition coefficient (Wildman–Crippen LogP) is 1.86. The van der Waals surface area contributed by atoms with E-state index in [1.807, 2.05) is 0 Å². The average molecular weight is 264 g/mol. The van der Waals surface area contributed by atoms with E-state index < -0.39 is 0 Å². The number of nitrogens with zero attached hydrogens (tertiary/aromatic N) is 2. The van der Waals surface area contributed by atoms with E-state index in [1.165, 1.54) is 0 Å². The second-order valence-electron chi connectivity index (χ2n) is 5.07. The highest BCUT2D eigenvalue weighted by atomic mass is 16.5. The van der Waals surface area contributed by atoms with Crippen LogP contribution in [-0.2, 0) is 0 Å². The Labute approximate surface area is 115 Å². The molecule has 0 aliphatic heterocycles. The minimum Gasteiger partial charge on any atom is -0.476 e. The summed E-state index contributed by atoms with van der Waals surface area (Å²) in [5, 5.41) is 7.38. The summed E-state index contributed by atoms with van der Waals surface area (Å²) in [5.41, 5.74) is 6.06. The molecule has 0 amide bonds. The third kappa shape index (κ3) is 4.87. The molecule has 0 spiro atoms. The number of nitrogens with two attached hydrogens (primary N) is 1. The monoisotopic (exact) mass is 264 g/mol. The second kappa shape index (κ2) is 7.09. The van der Waals surface area contributed by atoms with Gasteiger partial charge in [0.05, 0.1) is 0 Å². The van der Waals surface area contributed by atoms with Crippen molar-refractivity contribution in [1.82, 2.24) is 9.88 Å². The van der Waals surface area contributed by atoms with Crippen LogP contribution in [0.25, 0.3) is 0 Å². The molecule has 0 aliphatic rings. The summed E-state index contributed by atoms with van der Waals surface area (Å²) in [4.78, 5) is 6.47. The van der Waals surface area contributed by atoms with E-state index >= 15 is 0 Å². The van der Waals surface area contributed by atoms with Crippen molar-refractivity contribution in [1.29, 1.82) is 5.41 Å². The Morgan fingerprint density at radius 1 is 1.37 bits per heavy atom. The summed E-state index contributed by atoms with van der Waals surface area (Å²) in [6, 6.07) is 4.36. The van der Waals surface area contributed by atoms with Gasteiger partial charge in [0.25, 0.3) is 0 Å². The SMILES string of the molecule is CC(C)N(CCOc1cc(C(=N)N)ccn1)C(C)C. The zero-order valence-electron chi connectivity index (χ0n) is 12.2. The van der Waals surface area contributed by atoms with Crippen LogP contribution in [0.3, 0.4) is 0 Å². The number of ether oxygens (including phenoxy) is 1. The molecule has 0 saturated carbocycles. The Bertz CT molecular complexity index is 410. The highest BCUT2D eigenvalue weighted by Crippen LogP contribution is 2.10. The van der Waals surface area contributed by atoms with Crippen molar-refractivity contribution in [3.05, 3.63) is 23.9 Å². The average Bonchev–Trinajstić information content (AvgIpc) is 2.34. The van der Waals surface area contributed by atoms with Crippen LogP contribution in [0.4, 0.5) is 0 Å². The van der Waals surface area contributed by atoms with Gasteiger partial charge in [-0.1, -0.05) is 0 Å². The highest BCUT2D eigenvalue weighted by Gasteiger charge is 2.13. The number of rotatable bonds is 7. The van der Waals surface area contributed by atoms with Crippen LogP contribution in [0, 0.1) is 5.41 Å². The van der Waals surface area contributed by atoms with Crippen molar-refractivity contribution in [2.45, 2.75) is 39.8 Å². The molecule has 5 nitrogen and oxygen atoms in total. The van der Waals surface area contributed by atoms with Gasteiger partial charge in [-0.2, -0.15) is 0 Å². The van der Waals surface area contributed by atoms with E-state index in [9.17, 15) is 0 Å². The summed E-state index contributed by atoms with van der Waals surface area (Å²) in [6.45, 7) is 10.1. The summed E-state index contributed by atoms with van der Waals surface area (Å²) in [6.07, 6.45) is 1.61. The molecule has 19 heavy (non-hydrogen) atoms. The third-order valence-electron chi connectivity index (χ3n) is 2.97. The van der Waals surface area contributed by atoms with Gasteiger partial charge in [-0.3, -0.25) is 10.3 Å². The van der Waals surface area contributed by atoms with E-state index in [0.717, 1.165) is 6.54 Å². The van der Waals surface area contributed by atoms with Crippen molar-refractivity contribution in [3.63, 3.8) is 0 Å². The van der Waals surface area contributed by atoms with Crippen molar-refractivity contribution in [2.24, 2.45) is 5.73 Å². The topological polar surface area (TPSA) is 75.2 Å². The molecular formula is C14H24N4O. The number of nitrogen functional groups attached to an aromatic ring is 1. The maximum absolute atomic E-state index is 7.38. The summed E-state index contributed by atoms with van der Waals surface area (Å²) in [7, 11) is 0. The fraction of sp³-hybridized carbons (Fsp3) is 0.571. The Balaban J connectivity index is 2.53. The maximum Gasteiger partial charge on any atom is 0.213 e. The Morgan fingerprint density at radius 2 is 2.00 bits per heavy atom. The zero-order valence-corrected chi connectivity index (χ0v) is 12.2. The molecule has 0 aromatic carbocycles. The van der Waals surface area contributed by atoms with Gasteiger partial charge in [-0.05, 0) is 33.8 Å². The minimum atomic E-state index is 0.0261. The summed E-state index contributed by atoms with van der Waals surface area (Å²) < 4.78 is 5.62. The molecule has 1 aromatic rings.